The highest BCUT2D eigenvalue weighted by atomic mass is 16.5. The molecule has 2 unspecified atom stereocenters. The number of guanidine groups is 1. The van der Waals surface area contributed by atoms with E-state index in [9.17, 15) is 5.11 Å². The molecule has 162 valence electrons. The molecular formula is C23H38N4O2. The molecule has 6 nitrogen and oxygen atoms in total. The van der Waals surface area contributed by atoms with E-state index in [4.69, 9.17) is 9.73 Å². The molecule has 2 atom stereocenters. The first-order valence-corrected chi connectivity index (χ1v) is 11.2. The Kier molecular flexibility index (Phi) is 8.33. The smallest absolute Gasteiger partial charge is 0.191 e. The highest BCUT2D eigenvalue weighted by Crippen LogP contribution is 2.32. The zero-order chi connectivity index (χ0) is 20.5. The van der Waals surface area contributed by atoms with Gasteiger partial charge in [0.05, 0.1) is 13.2 Å². The van der Waals surface area contributed by atoms with Gasteiger partial charge in [-0.15, -0.1) is 0 Å². The number of benzene rings is 1. The highest BCUT2D eigenvalue weighted by molar-refractivity contribution is 5.79. The van der Waals surface area contributed by atoms with Gasteiger partial charge in [-0.1, -0.05) is 31.2 Å². The molecule has 0 spiro atoms. The Hall–Kier alpha value is -1.63. The first kappa shape index (κ1) is 22.1. The molecule has 1 aromatic carbocycles. The van der Waals surface area contributed by atoms with E-state index in [-0.39, 0.29) is 12.0 Å². The van der Waals surface area contributed by atoms with Crippen molar-refractivity contribution < 1.29 is 9.84 Å². The average molecular weight is 403 g/mol. The third-order valence-corrected chi connectivity index (χ3v) is 6.40. The molecule has 0 radical (unpaired) electrons. The third-order valence-electron chi connectivity index (χ3n) is 6.40. The van der Waals surface area contributed by atoms with Gasteiger partial charge in [0.15, 0.2) is 5.96 Å². The molecule has 0 bridgehead atoms. The summed E-state index contributed by atoms with van der Waals surface area (Å²) >= 11 is 0. The fourth-order valence-electron chi connectivity index (χ4n) is 4.45. The molecule has 0 aromatic heterocycles. The molecule has 0 amide bonds. The lowest BCUT2D eigenvalue weighted by Crippen LogP contribution is -2.48. The summed E-state index contributed by atoms with van der Waals surface area (Å²) in [7, 11) is 0. The minimum atomic E-state index is -0.0160. The lowest BCUT2D eigenvalue weighted by molar-refractivity contribution is 0.131. The lowest BCUT2D eigenvalue weighted by Gasteiger charge is -2.35. The van der Waals surface area contributed by atoms with Gasteiger partial charge in [-0.3, -0.25) is 9.89 Å². The Labute approximate surface area is 175 Å². The maximum absolute atomic E-state index is 9.44. The van der Waals surface area contributed by atoms with Crippen molar-refractivity contribution in [2.75, 3.05) is 46.0 Å². The predicted molar refractivity (Wildman–Crippen MR) is 118 cm³/mol. The van der Waals surface area contributed by atoms with E-state index in [1.807, 2.05) is 0 Å². The van der Waals surface area contributed by atoms with Crippen LogP contribution in [0.25, 0.3) is 0 Å². The highest BCUT2D eigenvalue weighted by Gasteiger charge is 2.34. The lowest BCUT2D eigenvalue weighted by atomic mass is 9.84. The van der Waals surface area contributed by atoms with Crippen LogP contribution in [0.2, 0.25) is 0 Å². The van der Waals surface area contributed by atoms with Crippen LogP contribution in [-0.2, 0) is 17.7 Å². The fraction of sp³-hybridized carbons (Fsp3) is 0.696. The number of hydrogen-bond donors (Lipinski definition) is 3. The van der Waals surface area contributed by atoms with Crippen LogP contribution >= 0.6 is 0 Å². The third kappa shape index (κ3) is 5.93. The predicted octanol–water partition coefficient (Wildman–Crippen LogP) is 2.17. The van der Waals surface area contributed by atoms with Crippen LogP contribution in [0.15, 0.2) is 29.3 Å². The molecule has 2 aliphatic rings. The van der Waals surface area contributed by atoms with Crippen molar-refractivity contribution in [3.05, 3.63) is 35.4 Å². The van der Waals surface area contributed by atoms with Crippen molar-refractivity contribution in [3.8, 4) is 0 Å². The number of aliphatic hydroxyl groups is 1. The van der Waals surface area contributed by atoms with Crippen LogP contribution in [0, 0.1) is 5.41 Å². The van der Waals surface area contributed by atoms with Gasteiger partial charge in [-0.2, -0.15) is 0 Å². The molecule has 1 aromatic rings. The largest absolute Gasteiger partial charge is 0.396 e. The number of aliphatic hydroxyl groups excluding tert-OH is 1. The van der Waals surface area contributed by atoms with Gasteiger partial charge in [0, 0.05) is 50.8 Å². The van der Waals surface area contributed by atoms with Gasteiger partial charge in [-0.05, 0) is 43.7 Å². The Balaban J connectivity index is 1.58. The monoisotopic (exact) mass is 402 g/mol. The minimum Gasteiger partial charge on any atom is -0.396 e. The first-order valence-electron chi connectivity index (χ1n) is 11.2. The summed E-state index contributed by atoms with van der Waals surface area (Å²) in [6, 6.07) is 9.29. The second kappa shape index (κ2) is 11.0. The fourth-order valence-corrected chi connectivity index (χ4v) is 4.45. The number of rotatable bonds is 9. The maximum Gasteiger partial charge on any atom is 0.191 e. The summed E-state index contributed by atoms with van der Waals surface area (Å²) in [5.41, 5.74) is 2.94. The van der Waals surface area contributed by atoms with Crippen LogP contribution in [0.4, 0.5) is 0 Å². The van der Waals surface area contributed by atoms with E-state index < -0.39 is 0 Å². The summed E-state index contributed by atoms with van der Waals surface area (Å²) in [4.78, 5) is 7.45. The summed E-state index contributed by atoms with van der Waals surface area (Å²) in [5, 5.41) is 16.4. The zero-order valence-electron chi connectivity index (χ0n) is 18.1. The summed E-state index contributed by atoms with van der Waals surface area (Å²) in [6.45, 7) is 10.6. The SMILES string of the molecule is CCNC(=NCC1(CCO)CCOC1)NCC(CC)N1CCc2ccccc2C1. The van der Waals surface area contributed by atoms with Crippen LogP contribution in [0.5, 0.6) is 0 Å². The molecule has 0 saturated carbocycles. The van der Waals surface area contributed by atoms with E-state index in [0.29, 0.717) is 19.2 Å². The van der Waals surface area contributed by atoms with Crippen LogP contribution < -0.4 is 10.6 Å². The van der Waals surface area contributed by atoms with Gasteiger partial charge in [0.25, 0.3) is 0 Å². The van der Waals surface area contributed by atoms with E-state index in [2.05, 4.69) is 53.6 Å². The summed E-state index contributed by atoms with van der Waals surface area (Å²) in [5.74, 6) is 0.868. The second-order valence-electron chi connectivity index (χ2n) is 8.40. The molecule has 2 aliphatic heterocycles. The van der Waals surface area contributed by atoms with E-state index in [1.165, 1.54) is 11.1 Å². The molecule has 0 aliphatic carbocycles. The second-order valence-corrected chi connectivity index (χ2v) is 8.40. The number of nitrogens with one attached hydrogen (secondary N) is 2. The molecule has 2 heterocycles. The van der Waals surface area contributed by atoms with Crippen molar-refractivity contribution >= 4 is 5.96 Å². The van der Waals surface area contributed by atoms with Crippen molar-refractivity contribution in [2.24, 2.45) is 10.4 Å². The standard InChI is InChI=1S/C23H38N4O2/c1-3-21(27-12-9-19-7-5-6-8-20(19)16-27)15-25-22(24-4-2)26-17-23(10-13-28)11-14-29-18-23/h5-8,21,28H,3-4,9-18H2,1-2H3,(H2,24,25,26). The molecule has 1 fully saturated rings. The Morgan fingerprint density at radius 2 is 2.10 bits per heavy atom. The normalized spacial score (nSPS) is 23.6. The van der Waals surface area contributed by atoms with Crippen LogP contribution in [0.1, 0.15) is 44.2 Å². The molecular weight excluding hydrogens is 364 g/mol. The maximum atomic E-state index is 9.44. The van der Waals surface area contributed by atoms with Gasteiger partial charge >= 0.3 is 0 Å². The van der Waals surface area contributed by atoms with Gasteiger partial charge in [0.2, 0.25) is 0 Å². The summed E-state index contributed by atoms with van der Waals surface area (Å²) < 4.78 is 5.60. The topological polar surface area (TPSA) is 69.1 Å². The van der Waals surface area contributed by atoms with E-state index in [1.54, 1.807) is 0 Å². The zero-order valence-corrected chi connectivity index (χ0v) is 18.1. The Morgan fingerprint density at radius 3 is 2.79 bits per heavy atom. The van der Waals surface area contributed by atoms with E-state index >= 15 is 0 Å². The number of aliphatic imine (C=N–C) groups is 1. The van der Waals surface area contributed by atoms with E-state index in [0.717, 1.165) is 64.4 Å². The van der Waals surface area contributed by atoms with Gasteiger partial charge < -0.3 is 20.5 Å². The Bertz CT molecular complexity index is 658. The number of ether oxygens (including phenoxy) is 1. The summed E-state index contributed by atoms with van der Waals surface area (Å²) in [6.07, 6.45) is 3.96. The molecule has 3 rings (SSSR count). The molecule has 29 heavy (non-hydrogen) atoms. The average Bonchev–Trinajstić information content (AvgIpc) is 3.21. The Morgan fingerprint density at radius 1 is 1.28 bits per heavy atom. The number of fused-ring (bicyclic) bond motifs is 1. The van der Waals surface area contributed by atoms with Gasteiger partial charge in [-0.25, -0.2) is 0 Å². The molecule has 3 N–H and O–H groups in total. The number of nitrogens with zero attached hydrogens (tertiary/aromatic N) is 2. The van der Waals surface area contributed by atoms with Crippen molar-refractivity contribution in [2.45, 2.75) is 52.1 Å². The van der Waals surface area contributed by atoms with Crippen molar-refractivity contribution in [3.63, 3.8) is 0 Å². The molecule has 1 saturated heterocycles. The van der Waals surface area contributed by atoms with Crippen molar-refractivity contribution in [1.29, 1.82) is 0 Å². The van der Waals surface area contributed by atoms with Crippen molar-refractivity contribution in [1.82, 2.24) is 15.5 Å². The minimum absolute atomic E-state index is 0.0160. The van der Waals surface area contributed by atoms with Crippen LogP contribution in [-0.4, -0.2) is 68.0 Å². The number of hydrogen-bond acceptors (Lipinski definition) is 4. The first-order chi connectivity index (χ1) is 14.2. The molecule has 6 heteroatoms. The quantitative estimate of drug-likeness (QED) is 0.436. The van der Waals surface area contributed by atoms with Gasteiger partial charge in [0.1, 0.15) is 0 Å². The van der Waals surface area contributed by atoms with Crippen LogP contribution in [0.3, 0.4) is 0 Å².